The third-order valence-corrected chi connectivity index (χ3v) is 6.41. The lowest BCUT2D eigenvalue weighted by Crippen LogP contribution is -2.47. The predicted molar refractivity (Wildman–Crippen MR) is 151 cm³/mol. The van der Waals surface area contributed by atoms with Gasteiger partial charge in [0.05, 0.1) is 19.8 Å². The number of aromatic nitrogens is 2. The molecule has 1 aliphatic rings. The van der Waals surface area contributed by atoms with Crippen LogP contribution in [0.3, 0.4) is 0 Å². The van der Waals surface area contributed by atoms with Gasteiger partial charge in [-0.1, -0.05) is 24.4 Å². The largest absolute Gasteiger partial charge is 0.467 e. The summed E-state index contributed by atoms with van der Waals surface area (Å²) >= 11 is 5.80. The summed E-state index contributed by atoms with van der Waals surface area (Å²) in [5.74, 6) is -0.982. The Morgan fingerprint density at radius 2 is 1.77 bits per heavy atom. The van der Waals surface area contributed by atoms with Gasteiger partial charge in [-0.2, -0.15) is 0 Å². The molecule has 0 aliphatic heterocycles. The zero-order valence-electron chi connectivity index (χ0n) is 23.5. The SMILES string of the molecule is COC(=O)[C@H](COC1CCC(CCCCN=C(N)NC(=O)c2nc(Cl)c(N)nc2N)CC1)NC(=O)OC(C)(C)C. The number of ether oxygens (including phenoxy) is 3. The normalized spacial score (nSPS) is 18.5. The van der Waals surface area contributed by atoms with Crippen molar-refractivity contribution < 1.29 is 28.6 Å². The van der Waals surface area contributed by atoms with Crippen molar-refractivity contribution >= 4 is 47.2 Å². The van der Waals surface area contributed by atoms with Gasteiger partial charge in [-0.25, -0.2) is 19.6 Å². The van der Waals surface area contributed by atoms with E-state index >= 15 is 0 Å². The van der Waals surface area contributed by atoms with Crippen molar-refractivity contribution in [2.75, 3.05) is 31.7 Å². The summed E-state index contributed by atoms with van der Waals surface area (Å²) in [5, 5.41) is 4.81. The van der Waals surface area contributed by atoms with Gasteiger partial charge >= 0.3 is 12.1 Å². The quantitative estimate of drug-likeness (QED) is 0.110. The van der Waals surface area contributed by atoms with E-state index in [9.17, 15) is 14.4 Å². The van der Waals surface area contributed by atoms with Crippen molar-refractivity contribution in [1.29, 1.82) is 0 Å². The number of nitrogens with two attached hydrogens (primary N) is 3. The van der Waals surface area contributed by atoms with E-state index in [0.29, 0.717) is 12.5 Å². The smallest absolute Gasteiger partial charge is 0.408 e. The average molecular weight is 585 g/mol. The van der Waals surface area contributed by atoms with Gasteiger partial charge in [-0.05, 0) is 58.8 Å². The van der Waals surface area contributed by atoms with Gasteiger partial charge in [0, 0.05) is 6.54 Å². The molecule has 15 heteroatoms. The first kappa shape index (κ1) is 32.8. The number of guanidine groups is 1. The van der Waals surface area contributed by atoms with Gasteiger partial charge in [-0.3, -0.25) is 15.1 Å². The van der Waals surface area contributed by atoms with Crippen LogP contribution in [0.1, 0.15) is 76.2 Å². The average Bonchev–Trinajstić information content (AvgIpc) is 2.87. The molecule has 0 unspecified atom stereocenters. The van der Waals surface area contributed by atoms with Crippen LogP contribution in [0.25, 0.3) is 0 Å². The molecule has 1 aromatic rings. The molecule has 0 aromatic carbocycles. The fraction of sp³-hybridized carbons (Fsp3) is 0.680. The number of anilines is 2. The summed E-state index contributed by atoms with van der Waals surface area (Å²) in [5.41, 5.74) is 16.1. The van der Waals surface area contributed by atoms with Crippen LogP contribution in [-0.2, 0) is 19.0 Å². The van der Waals surface area contributed by atoms with Gasteiger partial charge < -0.3 is 36.7 Å². The van der Waals surface area contributed by atoms with E-state index in [0.717, 1.165) is 44.9 Å². The Morgan fingerprint density at radius 3 is 2.40 bits per heavy atom. The zero-order chi connectivity index (χ0) is 29.9. The second-order valence-corrected chi connectivity index (χ2v) is 10.9. The monoisotopic (exact) mass is 584 g/mol. The number of carbonyl (C=O) groups is 3. The second-order valence-electron chi connectivity index (χ2n) is 10.5. The molecule has 1 fully saturated rings. The molecule has 40 heavy (non-hydrogen) atoms. The molecular weight excluding hydrogens is 544 g/mol. The van der Waals surface area contributed by atoms with Crippen LogP contribution in [0, 0.1) is 5.92 Å². The number of hydrogen-bond donors (Lipinski definition) is 5. The first-order valence-electron chi connectivity index (χ1n) is 13.2. The minimum absolute atomic E-state index is 0.00603. The van der Waals surface area contributed by atoms with Crippen molar-refractivity contribution in [3.8, 4) is 0 Å². The number of nitrogens with zero attached hydrogens (tertiary/aromatic N) is 3. The minimum Gasteiger partial charge on any atom is -0.467 e. The summed E-state index contributed by atoms with van der Waals surface area (Å²) in [6, 6.07) is -0.940. The lowest BCUT2D eigenvalue weighted by molar-refractivity contribution is -0.145. The van der Waals surface area contributed by atoms with Crippen LogP contribution < -0.4 is 27.8 Å². The maximum absolute atomic E-state index is 12.3. The molecule has 8 N–H and O–H groups in total. The number of aliphatic imine (C=N–C) groups is 1. The highest BCUT2D eigenvalue weighted by molar-refractivity contribution is 6.31. The number of carbonyl (C=O) groups excluding carboxylic acids is 3. The van der Waals surface area contributed by atoms with Crippen LogP contribution in [0.2, 0.25) is 5.15 Å². The van der Waals surface area contributed by atoms with Gasteiger partial charge in [0.1, 0.15) is 5.60 Å². The van der Waals surface area contributed by atoms with Gasteiger partial charge in [0.2, 0.25) is 0 Å². The summed E-state index contributed by atoms with van der Waals surface area (Å²) in [6.45, 7) is 5.69. The number of methoxy groups -OCH3 is 1. The van der Waals surface area contributed by atoms with E-state index in [1.54, 1.807) is 20.8 Å². The molecule has 0 radical (unpaired) electrons. The number of nitrogens with one attached hydrogen (secondary N) is 2. The number of hydrogen-bond acceptors (Lipinski definition) is 11. The molecule has 0 bridgehead atoms. The van der Waals surface area contributed by atoms with Crippen LogP contribution in [0.15, 0.2) is 4.99 Å². The molecule has 1 atom stereocenters. The molecule has 2 amide bonds. The molecule has 1 heterocycles. The molecule has 1 saturated carbocycles. The molecule has 1 aromatic heterocycles. The van der Waals surface area contributed by atoms with E-state index in [2.05, 4.69) is 25.6 Å². The topological polar surface area (TPSA) is 219 Å². The summed E-state index contributed by atoms with van der Waals surface area (Å²) in [6.07, 6.45) is 5.84. The molecule has 14 nitrogen and oxygen atoms in total. The third kappa shape index (κ3) is 11.4. The van der Waals surface area contributed by atoms with Crippen molar-refractivity contribution in [1.82, 2.24) is 20.6 Å². The van der Waals surface area contributed by atoms with Crippen molar-refractivity contribution in [3.63, 3.8) is 0 Å². The van der Waals surface area contributed by atoms with Crippen molar-refractivity contribution in [2.45, 2.75) is 83.5 Å². The second kappa shape index (κ2) is 15.4. The fourth-order valence-corrected chi connectivity index (χ4v) is 4.28. The highest BCUT2D eigenvalue weighted by Crippen LogP contribution is 2.30. The van der Waals surface area contributed by atoms with Crippen molar-refractivity contribution in [3.05, 3.63) is 10.8 Å². The number of unbranched alkanes of at least 4 members (excludes halogenated alkanes) is 1. The number of amides is 2. The first-order valence-corrected chi connectivity index (χ1v) is 13.6. The molecule has 0 saturated heterocycles. The number of esters is 1. The fourth-order valence-electron chi connectivity index (χ4n) is 4.15. The van der Waals surface area contributed by atoms with E-state index in [1.807, 2.05) is 0 Å². The van der Waals surface area contributed by atoms with E-state index in [-0.39, 0.29) is 41.2 Å². The molecule has 224 valence electrons. The van der Waals surface area contributed by atoms with Crippen LogP contribution in [0.4, 0.5) is 16.4 Å². The first-order chi connectivity index (χ1) is 18.8. The Kier molecular flexibility index (Phi) is 12.6. The number of halogens is 1. The third-order valence-electron chi connectivity index (χ3n) is 6.13. The van der Waals surface area contributed by atoms with E-state index in [1.165, 1.54) is 7.11 Å². The van der Waals surface area contributed by atoms with Crippen molar-refractivity contribution in [2.24, 2.45) is 16.6 Å². The summed E-state index contributed by atoms with van der Waals surface area (Å²) < 4.78 is 15.9. The van der Waals surface area contributed by atoms with Crippen LogP contribution in [-0.4, -0.2) is 71.9 Å². The summed E-state index contributed by atoms with van der Waals surface area (Å²) in [7, 11) is 1.26. The molecule has 1 aliphatic carbocycles. The van der Waals surface area contributed by atoms with Crippen LogP contribution >= 0.6 is 11.6 Å². The van der Waals surface area contributed by atoms with Gasteiger partial charge in [-0.15, -0.1) is 0 Å². The zero-order valence-corrected chi connectivity index (χ0v) is 24.3. The predicted octanol–water partition coefficient (Wildman–Crippen LogP) is 2.15. The lowest BCUT2D eigenvalue weighted by Gasteiger charge is -2.30. The maximum atomic E-state index is 12.3. The Bertz CT molecular complexity index is 1060. The number of rotatable bonds is 11. The lowest BCUT2D eigenvalue weighted by atomic mass is 9.84. The maximum Gasteiger partial charge on any atom is 0.408 e. The van der Waals surface area contributed by atoms with Gasteiger partial charge in [0.25, 0.3) is 5.91 Å². The summed E-state index contributed by atoms with van der Waals surface area (Å²) in [4.78, 5) is 48.2. The Morgan fingerprint density at radius 1 is 1.10 bits per heavy atom. The van der Waals surface area contributed by atoms with E-state index in [4.69, 9.17) is 43.0 Å². The minimum atomic E-state index is -0.940. The molecule has 2 rings (SSSR count). The van der Waals surface area contributed by atoms with E-state index < -0.39 is 29.6 Å². The molecular formula is C25H41ClN8O6. The van der Waals surface area contributed by atoms with Crippen LogP contribution in [0.5, 0.6) is 0 Å². The standard InChI is InChI=1S/C25H41ClN8O6/c1-25(2,3)40-24(37)31-16(22(36)38-4)13-39-15-10-8-14(9-11-15)7-5-6-12-30-23(29)34-21(35)17-19(27)33-20(28)18(26)32-17/h14-16H,5-13H2,1-4H3,(H,31,37)(H4,27,28,33)(H3,29,30,34,35)/t14?,15?,16-/m0/s1. The number of nitrogen functional groups attached to an aromatic ring is 2. The Hall–Kier alpha value is -3.39. The highest BCUT2D eigenvalue weighted by Gasteiger charge is 2.28. The Labute approximate surface area is 239 Å². The van der Waals surface area contributed by atoms with Gasteiger partial charge in [0.15, 0.2) is 34.5 Å². The Balaban J connectivity index is 1.66. The highest BCUT2D eigenvalue weighted by atomic mass is 35.5. The molecule has 0 spiro atoms. The number of alkyl carbamates (subject to hydrolysis) is 1.